The average molecular weight is 275 g/mol. The van der Waals surface area contributed by atoms with Crippen molar-refractivity contribution < 1.29 is 14.3 Å². The maximum atomic E-state index is 8.12. The van der Waals surface area contributed by atoms with Crippen LogP contribution in [0.1, 0.15) is 38.2 Å². The molecule has 0 saturated heterocycles. The van der Waals surface area contributed by atoms with E-state index >= 15 is 0 Å². The van der Waals surface area contributed by atoms with Crippen molar-refractivity contribution in [1.29, 1.82) is 0 Å². The SMILES string of the molecule is CCCC(C)c1cccc(Oc2cn[nH]n2)c1.O=C=O. The molecule has 0 aliphatic heterocycles. The molecule has 0 saturated carbocycles. The van der Waals surface area contributed by atoms with Crippen LogP contribution in [0.4, 0.5) is 0 Å². The largest absolute Gasteiger partial charge is 0.436 e. The minimum Gasteiger partial charge on any atom is -0.436 e. The van der Waals surface area contributed by atoms with Gasteiger partial charge in [-0.15, -0.1) is 5.10 Å². The van der Waals surface area contributed by atoms with E-state index in [0.29, 0.717) is 11.8 Å². The second-order valence-corrected chi connectivity index (χ2v) is 4.26. The number of benzene rings is 1. The molecule has 1 aromatic heterocycles. The molecule has 6 heteroatoms. The lowest BCUT2D eigenvalue weighted by Crippen LogP contribution is -1.93. The van der Waals surface area contributed by atoms with E-state index in [1.807, 2.05) is 12.1 Å². The Kier molecular flexibility index (Phi) is 6.71. The van der Waals surface area contributed by atoms with Gasteiger partial charge in [-0.3, -0.25) is 0 Å². The maximum absolute atomic E-state index is 8.12. The average Bonchev–Trinajstić information content (AvgIpc) is 2.93. The smallest absolute Gasteiger partial charge is 0.373 e. The first-order valence-electron chi connectivity index (χ1n) is 6.34. The van der Waals surface area contributed by atoms with E-state index in [1.165, 1.54) is 18.4 Å². The van der Waals surface area contributed by atoms with Crippen LogP contribution in [-0.4, -0.2) is 21.6 Å². The Morgan fingerprint density at radius 1 is 1.40 bits per heavy atom. The molecular formula is C14H17N3O3. The summed E-state index contributed by atoms with van der Waals surface area (Å²) in [4.78, 5) is 16.2. The summed E-state index contributed by atoms with van der Waals surface area (Å²) < 4.78 is 5.58. The van der Waals surface area contributed by atoms with Crippen molar-refractivity contribution >= 4 is 6.15 Å². The van der Waals surface area contributed by atoms with E-state index in [0.717, 1.165) is 5.75 Å². The quantitative estimate of drug-likeness (QED) is 0.906. The Hall–Kier alpha value is -2.46. The normalized spacial score (nSPS) is 10.9. The van der Waals surface area contributed by atoms with E-state index < -0.39 is 0 Å². The predicted molar refractivity (Wildman–Crippen MR) is 71.2 cm³/mol. The maximum Gasteiger partial charge on any atom is 0.373 e. The molecule has 0 radical (unpaired) electrons. The number of carbonyl (C=O) groups excluding carboxylic acids is 2. The van der Waals surface area contributed by atoms with Crippen molar-refractivity contribution in [2.45, 2.75) is 32.6 Å². The molecule has 1 atom stereocenters. The Balaban J connectivity index is 0.000000612. The lowest BCUT2D eigenvalue weighted by atomic mass is 9.96. The third kappa shape index (κ3) is 5.04. The van der Waals surface area contributed by atoms with Gasteiger partial charge in [0.2, 0.25) is 0 Å². The summed E-state index contributed by atoms with van der Waals surface area (Å²) in [5, 5.41) is 10.1. The molecule has 6 nitrogen and oxygen atoms in total. The summed E-state index contributed by atoms with van der Waals surface area (Å²) in [6.07, 6.45) is 4.19. The van der Waals surface area contributed by atoms with E-state index in [-0.39, 0.29) is 6.15 Å². The number of hydrogen-bond acceptors (Lipinski definition) is 5. The van der Waals surface area contributed by atoms with Crippen molar-refractivity contribution in [3.63, 3.8) is 0 Å². The highest BCUT2D eigenvalue weighted by Crippen LogP contribution is 2.26. The summed E-state index contributed by atoms with van der Waals surface area (Å²) in [7, 11) is 0. The predicted octanol–water partition coefficient (Wildman–Crippen LogP) is 2.92. The fourth-order valence-electron chi connectivity index (χ4n) is 1.85. The summed E-state index contributed by atoms with van der Waals surface area (Å²) in [5.41, 5.74) is 1.30. The van der Waals surface area contributed by atoms with E-state index in [1.54, 1.807) is 6.20 Å². The first kappa shape index (κ1) is 15.6. The van der Waals surface area contributed by atoms with E-state index in [9.17, 15) is 0 Å². The monoisotopic (exact) mass is 275 g/mol. The molecule has 20 heavy (non-hydrogen) atoms. The molecule has 0 spiro atoms. The van der Waals surface area contributed by atoms with Gasteiger partial charge in [-0.1, -0.05) is 32.4 Å². The Morgan fingerprint density at radius 2 is 2.15 bits per heavy atom. The zero-order valence-corrected chi connectivity index (χ0v) is 11.5. The van der Waals surface area contributed by atoms with Crippen LogP contribution in [-0.2, 0) is 9.59 Å². The lowest BCUT2D eigenvalue weighted by Gasteiger charge is -2.11. The van der Waals surface area contributed by atoms with Gasteiger partial charge in [0.25, 0.3) is 5.88 Å². The molecule has 2 rings (SSSR count). The Labute approximate surface area is 117 Å². The third-order valence-electron chi connectivity index (χ3n) is 2.76. The van der Waals surface area contributed by atoms with Crippen LogP contribution in [0.25, 0.3) is 0 Å². The first-order chi connectivity index (χ1) is 9.71. The number of aromatic nitrogens is 3. The van der Waals surface area contributed by atoms with Crippen LogP contribution in [0.3, 0.4) is 0 Å². The van der Waals surface area contributed by atoms with Gasteiger partial charge in [0.1, 0.15) is 11.9 Å². The van der Waals surface area contributed by atoms with E-state index in [2.05, 4.69) is 41.4 Å². The second-order valence-electron chi connectivity index (χ2n) is 4.26. The molecule has 0 amide bonds. The number of aromatic amines is 1. The van der Waals surface area contributed by atoms with Crippen molar-refractivity contribution in [3.8, 4) is 11.6 Å². The van der Waals surface area contributed by atoms with E-state index in [4.69, 9.17) is 14.3 Å². The van der Waals surface area contributed by atoms with Crippen LogP contribution in [0.2, 0.25) is 0 Å². The fourth-order valence-corrected chi connectivity index (χ4v) is 1.85. The second kappa shape index (κ2) is 8.61. The van der Waals surface area contributed by atoms with Crippen molar-refractivity contribution in [1.82, 2.24) is 15.4 Å². The Morgan fingerprint density at radius 3 is 2.75 bits per heavy atom. The molecule has 0 bridgehead atoms. The molecule has 0 fully saturated rings. The number of H-pyrrole nitrogens is 1. The molecule has 1 unspecified atom stereocenters. The number of ether oxygens (including phenoxy) is 1. The van der Waals surface area contributed by atoms with Crippen LogP contribution in [0.15, 0.2) is 30.5 Å². The van der Waals surface area contributed by atoms with Gasteiger partial charge in [-0.25, -0.2) is 0 Å². The number of hydrogen-bond donors (Lipinski definition) is 1. The van der Waals surface area contributed by atoms with Gasteiger partial charge in [0.05, 0.1) is 0 Å². The standard InChI is InChI=1S/C13H17N3O.CO2/c1-3-5-10(2)11-6-4-7-12(8-11)17-13-9-14-16-15-13;2-1-3/h4,6-10H,3,5H2,1-2H3,(H,14,15,16);. The first-order valence-corrected chi connectivity index (χ1v) is 6.34. The molecule has 0 aliphatic rings. The van der Waals surface area contributed by atoms with Gasteiger partial charge in [0, 0.05) is 0 Å². The lowest BCUT2D eigenvalue weighted by molar-refractivity contribution is -0.191. The molecular weight excluding hydrogens is 258 g/mol. The summed E-state index contributed by atoms with van der Waals surface area (Å²) in [5.74, 6) is 1.85. The molecule has 1 aromatic carbocycles. The summed E-state index contributed by atoms with van der Waals surface area (Å²) >= 11 is 0. The van der Waals surface area contributed by atoms with Gasteiger partial charge >= 0.3 is 6.15 Å². The topological polar surface area (TPSA) is 84.9 Å². The molecule has 106 valence electrons. The summed E-state index contributed by atoms with van der Waals surface area (Å²) in [6.45, 7) is 4.44. The third-order valence-corrected chi connectivity index (χ3v) is 2.76. The Bertz CT molecular complexity index is 534. The van der Waals surface area contributed by atoms with Crippen molar-refractivity contribution in [2.75, 3.05) is 0 Å². The highest BCUT2D eigenvalue weighted by molar-refractivity contribution is 5.32. The van der Waals surface area contributed by atoms with Gasteiger partial charge < -0.3 is 4.74 Å². The molecule has 2 aromatic rings. The van der Waals surface area contributed by atoms with Crippen LogP contribution in [0, 0.1) is 0 Å². The zero-order valence-electron chi connectivity index (χ0n) is 11.5. The van der Waals surface area contributed by atoms with Crippen molar-refractivity contribution in [3.05, 3.63) is 36.0 Å². The minimum absolute atomic E-state index is 0.250. The fraction of sp³-hybridized carbons (Fsp3) is 0.357. The highest BCUT2D eigenvalue weighted by Gasteiger charge is 2.06. The molecule has 0 aliphatic carbocycles. The van der Waals surface area contributed by atoms with Crippen LogP contribution in [0.5, 0.6) is 11.6 Å². The van der Waals surface area contributed by atoms with Crippen LogP contribution >= 0.6 is 0 Å². The highest BCUT2D eigenvalue weighted by atomic mass is 16.5. The van der Waals surface area contributed by atoms with Gasteiger partial charge in [-0.05, 0) is 30.0 Å². The minimum atomic E-state index is 0.250. The number of nitrogens with one attached hydrogen (secondary N) is 1. The molecule has 1 N–H and O–H groups in total. The number of nitrogens with zero attached hydrogens (tertiary/aromatic N) is 2. The van der Waals surface area contributed by atoms with Crippen molar-refractivity contribution in [2.24, 2.45) is 0 Å². The number of rotatable bonds is 5. The molecule has 1 heterocycles. The zero-order chi connectivity index (χ0) is 14.8. The van der Waals surface area contributed by atoms with Crippen LogP contribution < -0.4 is 4.74 Å². The van der Waals surface area contributed by atoms with Gasteiger partial charge in [0.15, 0.2) is 0 Å². The summed E-state index contributed by atoms with van der Waals surface area (Å²) in [6, 6.07) is 8.14. The van der Waals surface area contributed by atoms with Gasteiger partial charge in [-0.2, -0.15) is 19.9 Å².